The summed E-state index contributed by atoms with van der Waals surface area (Å²) in [5.41, 5.74) is 1.06. The van der Waals surface area contributed by atoms with Crippen LogP contribution < -0.4 is 0 Å². The van der Waals surface area contributed by atoms with E-state index in [1.54, 1.807) is 18.7 Å². The molecule has 0 fully saturated rings. The Morgan fingerprint density at radius 2 is 2.17 bits per heavy atom. The van der Waals surface area contributed by atoms with Gasteiger partial charge in [0.2, 0.25) is 0 Å². The van der Waals surface area contributed by atoms with Gasteiger partial charge in [-0.2, -0.15) is 0 Å². The van der Waals surface area contributed by atoms with Crippen LogP contribution in [0.25, 0.3) is 0 Å². The smallest absolute Gasteiger partial charge is 0.135 e. The lowest BCUT2D eigenvalue weighted by Crippen LogP contribution is -1.92. The molecule has 0 aromatic rings. The van der Waals surface area contributed by atoms with Crippen LogP contribution in [0, 0.1) is 0 Å². The number of hydrogen-bond acceptors (Lipinski definition) is 2. The number of nitrogens with zero attached hydrogens (tertiary/aromatic N) is 1. The van der Waals surface area contributed by atoms with Crippen molar-refractivity contribution in [2.75, 3.05) is 0 Å². The molecule has 2 nitrogen and oxygen atoms in total. The van der Waals surface area contributed by atoms with Gasteiger partial charge in [-0.25, -0.2) is 0 Å². The van der Waals surface area contributed by atoms with Crippen molar-refractivity contribution in [3.05, 3.63) is 48.1 Å². The Hall–Kier alpha value is -1.09. The van der Waals surface area contributed by atoms with Crippen LogP contribution in [-0.2, 0) is 4.74 Å². The van der Waals surface area contributed by atoms with Gasteiger partial charge in [-0.3, -0.25) is 4.99 Å². The number of fused-ring (bicyclic) bond motifs is 1. The van der Waals surface area contributed by atoms with Crippen molar-refractivity contribution in [2.45, 2.75) is 0 Å². The van der Waals surface area contributed by atoms with Crippen LogP contribution in [0.3, 0.4) is 0 Å². The van der Waals surface area contributed by atoms with Crippen molar-refractivity contribution >= 4 is 23.2 Å². The van der Waals surface area contributed by atoms with Gasteiger partial charge in [0.25, 0.3) is 0 Å². The summed E-state index contributed by atoms with van der Waals surface area (Å²) in [4.78, 5) is 3.96. The topological polar surface area (TPSA) is 21.6 Å². The Bertz CT molecular complexity index is 310. The standard InChI is InChI=1S/C9H7NO.BrH/c1-2-8-3-5-10-6-4-9(8)11-7-1;/h1-7H;1H. The molecular formula is C9H8BrNO. The predicted molar refractivity (Wildman–Crippen MR) is 54.3 cm³/mol. The van der Waals surface area contributed by atoms with Gasteiger partial charge in [0, 0.05) is 18.0 Å². The molecular weight excluding hydrogens is 218 g/mol. The van der Waals surface area contributed by atoms with E-state index in [0.717, 1.165) is 11.3 Å². The first kappa shape index (κ1) is 9.00. The van der Waals surface area contributed by atoms with Gasteiger partial charge in [-0.05, 0) is 24.3 Å². The van der Waals surface area contributed by atoms with E-state index >= 15 is 0 Å². The summed E-state index contributed by atoms with van der Waals surface area (Å²) in [5, 5.41) is 0. The Balaban J connectivity index is 0.000000720. The highest BCUT2D eigenvalue weighted by Crippen LogP contribution is 2.18. The molecule has 0 unspecified atom stereocenters. The third-order valence-corrected chi connectivity index (χ3v) is 1.49. The van der Waals surface area contributed by atoms with Gasteiger partial charge in [0.15, 0.2) is 0 Å². The zero-order valence-electron chi connectivity index (χ0n) is 6.31. The fraction of sp³-hybridized carbons (Fsp3) is 0. The van der Waals surface area contributed by atoms with Gasteiger partial charge in [0.05, 0.1) is 6.26 Å². The molecule has 0 saturated carbocycles. The van der Waals surface area contributed by atoms with Crippen LogP contribution in [-0.4, -0.2) is 6.21 Å². The van der Waals surface area contributed by atoms with Crippen LogP contribution >= 0.6 is 17.0 Å². The SMILES string of the molecule is Br.C1=COC2=CC=NC=CC2=C1. The molecule has 12 heavy (non-hydrogen) atoms. The van der Waals surface area contributed by atoms with Gasteiger partial charge in [0.1, 0.15) is 5.76 Å². The maximum atomic E-state index is 5.23. The number of rotatable bonds is 0. The second-order valence-corrected chi connectivity index (χ2v) is 2.21. The van der Waals surface area contributed by atoms with E-state index in [2.05, 4.69) is 4.99 Å². The first-order valence-corrected chi connectivity index (χ1v) is 3.41. The molecule has 0 spiro atoms. The molecule has 0 amide bonds. The highest BCUT2D eigenvalue weighted by Gasteiger charge is 2.04. The molecule has 0 N–H and O–H groups in total. The molecule has 0 radical (unpaired) electrons. The summed E-state index contributed by atoms with van der Waals surface area (Å²) in [7, 11) is 0. The second kappa shape index (κ2) is 4.07. The van der Waals surface area contributed by atoms with Crippen LogP contribution in [0.4, 0.5) is 0 Å². The molecule has 2 aliphatic rings. The van der Waals surface area contributed by atoms with E-state index in [9.17, 15) is 0 Å². The fourth-order valence-corrected chi connectivity index (χ4v) is 0.963. The van der Waals surface area contributed by atoms with Crippen molar-refractivity contribution < 1.29 is 4.74 Å². The fourth-order valence-electron chi connectivity index (χ4n) is 0.963. The van der Waals surface area contributed by atoms with Gasteiger partial charge in [-0.1, -0.05) is 0 Å². The summed E-state index contributed by atoms with van der Waals surface area (Å²) in [5.74, 6) is 0.852. The molecule has 2 rings (SSSR count). The number of halogens is 1. The minimum Gasteiger partial charge on any atom is -0.464 e. The molecule has 2 heterocycles. The minimum absolute atomic E-state index is 0. The highest BCUT2D eigenvalue weighted by molar-refractivity contribution is 8.93. The van der Waals surface area contributed by atoms with Crippen LogP contribution in [0.2, 0.25) is 0 Å². The summed E-state index contributed by atoms with van der Waals surface area (Å²) >= 11 is 0. The monoisotopic (exact) mass is 225 g/mol. The number of ether oxygens (including phenoxy) is 1. The minimum atomic E-state index is 0. The van der Waals surface area contributed by atoms with E-state index in [0.29, 0.717) is 0 Å². The normalized spacial score (nSPS) is 18.0. The molecule has 0 atom stereocenters. The Morgan fingerprint density at radius 1 is 1.25 bits per heavy atom. The molecule has 2 aliphatic heterocycles. The van der Waals surface area contributed by atoms with Crippen LogP contribution in [0.15, 0.2) is 53.1 Å². The van der Waals surface area contributed by atoms with E-state index in [1.807, 2.05) is 24.3 Å². The number of allylic oxidation sites excluding steroid dienone is 4. The Kier molecular flexibility index (Phi) is 3.05. The van der Waals surface area contributed by atoms with E-state index in [-0.39, 0.29) is 17.0 Å². The molecule has 62 valence electrons. The van der Waals surface area contributed by atoms with E-state index in [1.165, 1.54) is 0 Å². The summed E-state index contributed by atoms with van der Waals surface area (Å²) in [6, 6.07) is 0. The molecule has 0 aromatic carbocycles. The largest absolute Gasteiger partial charge is 0.464 e. The lowest BCUT2D eigenvalue weighted by Gasteiger charge is -2.08. The third kappa shape index (κ3) is 1.74. The van der Waals surface area contributed by atoms with Crippen molar-refractivity contribution in [3.63, 3.8) is 0 Å². The highest BCUT2D eigenvalue weighted by atomic mass is 79.9. The summed E-state index contributed by atoms with van der Waals surface area (Å²) < 4.78 is 5.23. The molecule has 0 aliphatic carbocycles. The van der Waals surface area contributed by atoms with Crippen molar-refractivity contribution in [1.82, 2.24) is 0 Å². The zero-order valence-corrected chi connectivity index (χ0v) is 8.02. The van der Waals surface area contributed by atoms with Gasteiger partial charge in [-0.15, -0.1) is 17.0 Å². The van der Waals surface area contributed by atoms with Gasteiger partial charge < -0.3 is 4.74 Å². The average molecular weight is 226 g/mol. The molecule has 0 aromatic heterocycles. The lowest BCUT2D eigenvalue weighted by molar-refractivity contribution is 0.360. The lowest BCUT2D eigenvalue weighted by atomic mass is 10.2. The average Bonchev–Trinajstić information content (AvgIpc) is 2.28. The summed E-state index contributed by atoms with van der Waals surface area (Å²) in [6.07, 6.45) is 12.7. The first-order valence-electron chi connectivity index (χ1n) is 3.41. The van der Waals surface area contributed by atoms with Crippen LogP contribution in [0.1, 0.15) is 0 Å². The summed E-state index contributed by atoms with van der Waals surface area (Å²) in [6.45, 7) is 0. The van der Waals surface area contributed by atoms with Crippen LogP contribution in [0.5, 0.6) is 0 Å². The van der Waals surface area contributed by atoms with Gasteiger partial charge >= 0.3 is 0 Å². The van der Waals surface area contributed by atoms with Crippen molar-refractivity contribution in [2.24, 2.45) is 4.99 Å². The third-order valence-electron chi connectivity index (χ3n) is 1.49. The maximum absolute atomic E-state index is 5.23. The molecule has 3 heteroatoms. The first-order chi connectivity index (χ1) is 5.47. The molecule has 0 bridgehead atoms. The maximum Gasteiger partial charge on any atom is 0.135 e. The number of hydrogen-bond donors (Lipinski definition) is 0. The molecule has 0 saturated heterocycles. The van der Waals surface area contributed by atoms with E-state index in [4.69, 9.17) is 4.74 Å². The number of aliphatic imine (C=N–C) groups is 1. The second-order valence-electron chi connectivity index (χ2n) is 2.21. The zero-order chi connectivity index (χ0) is 7.52. The van der Waals surface area contributed by atoms with Crippen molar-refractivity contribution in [3.8, 4) is 0 Å². The Labute approximate surface area is 81.4 Å². The quantitative estimate of drug-likeness (QED) is 0.621. The predicted octanol–water partition coefficient (Wildman–Crippen LogP) is 2.52. The van der Waals surface area contributed by atoms with Crippen molar-refractivity contribution in [1.29, 1.82) is 0 Å². The van der Waals surface area contributed by atoms with E-state index < -0.39 is 0 Å². The Morgan fingerprint density at radius 3 is 3.08 bits per heavy atom.